The molecule has 210 valence electrons. The van der Waals surface area contributed by atoms with Crippen LogP contribution < -0.4 is 25.2 Å². The van der Waals surface area contributed by atoms with Gasteiger partial charge in [0.25, 0.3) is 21.8 Å². The number of hydrazine groups is 1. The number of rotatable bonds is 8. The Bertz CT molecular complexity index is 1870. The molecule has 0 aromatic heterocycles. The number of amides is 2. The molecular weight excluding hydrogens is 552 g/mol. The van der Waals surface area contributed by atoms with Crippen molar-refractivity contribution < 1.29 is 22.7 Å². The van der Waals surface area contributed by atoms with E-state index in [-0.39, 0.29) is 13.2 Å². The van der Waals surface area contributed by atoms with Gasteiger partial charge in [0, 0.05) is 22.3 Å². The van der Waals surface area contributed by atoms with E-state index in [2.05, 4.69) is 16.2 Å². The minimum absolute atomic E-state index is 0.120. The first-order valence-corrected chi connectivity index (χ1v) is 14.6. The number of nitrogens with zero attached hydrogens (tertiary/aromatic N) is 1. The van der Waals surface area contributed by atoms with Crippen molar-refractivity contribution in [1.29, 1.82) is 0 Å². The molecule has 6 rings (SSSR count). The fourth-order valence-corrected chi connectivity index (χ4v) is 6.46. The standard InChI is InChI=1S/C32H26N4O5S/c37-30(21-41-27-18-16-26(17-19-27)33-25-8-2-1-3-9-25)34-35-32(38)24-14-12-22(13-15-24)20-36-28-10-4-6-23-7-5-11-29(31(23)28)42(36,39)40/h1-19,33H,20-21H2,(H,34,37)(H,35,38). The summed E-state index contributed by atoms with van der Waals surface area (Å²) in [5, 5.41) is 4.85. The Morgan fingerprint density at radius 2 is 1.40 bits per heavy atom. The van der Waals surface area contributed by atoms with Crippen LogP contribution in [0, 0.1) is 0 Å². The van der Waals surface area contributed by atoms with E-state index in [1.54, 1.807) is 54.6 Å². The van der Waals surface area contributed by atoms with Gasteiger partial charge in [-0.05, 0) is 71.6 Å². The molecule has 5 aromatic rings. The number of hydrogen-bond donors (Lipinski definition) is 3. The van der Waals surface area contributed by atoms with Crippen molar-refractivity contribution in [1.82, 2.24) is 10.9 Å². The third kappa shape index (κ3) is 5.48. The van der Waals surface area contributed by atoms with Gasteiger partial charge in [-0.3, -0.25) is 24.7 Å². The molecule has 9 nitrogen and oxygen atoms in total. The first kappa shape index (κ1) is 26.9. The monoisotopic (exact) mass is 578 g/mol. The Balaban J connectivity index is 1.00. The highest BCUT2D eigenvalue weighted by Gasteiger charge is 2.35. The molecule has 5 aromatic carbocycles. The van der Waals surface area contributed by atoms with Crippen LogP contribution in [0.25, 0.3) is 10.8 Å². The number of ether oxygens (including phenoxy) is 1. The summed E-state index contributed by atoms with van der Waals surface area (Å²) in [6, 6.07) is 34.2. The van der Waals surface area contributed by atoms with Crippen LogP contribution >= 0.6 is 0 Å². The van der Waals surface area contributed by atoms with Gasteiger partial charge in [0.2, 0.25) is 0 Å². The van der Waals surface area contributed by atoms with Crippen LogP contribution in [0.5, 0.6) is 5.75 Å². The van der Waals surface area contributed by atoms with Crippen molar-refractivity contribution in [3.05, 3.63) is 126 Å². The zero-order valence-corrected chi connectivity index (χ0v) is 23.1. The lowest BCUT2D eigenvalue weighted by molar-refractivity contribution is -0.123. The van der Waals surface area contributed by atoms with Crippen LogP contribution in [0.15, 0.2) is 120 Å². The lowest BCUT2D eigenvalue weighted by atomic mass is 10.1. The number of carbonyl (C=O) groups excluding carboxylic acids is 2. The summed E-state index contributed by atoms with van der Waals surface area (Å²) >= 11 is 0. The Kier molecular flexibility index (Phi) is 7.20. The predicted molar refractivity (Wildman–Crippen MR) is 161 cm³/mol. The number of carbonyl (C=O) groups is 2. The second kappa shape index (κ2) is 11.3. The first-order valence-electron chi connectivity index (χ1n) is 13.2. The van der Waals surface area contributed by atoms with Crippen molar-refractivity contribution in [2.24, 2.45) is 0 Å². The number of hydrogen-bond acceptors (Lipinski definition) is 6. The normalized spacial score (nSPS) is 13.0. The molecule has 1 aliphatic rings. The highest BCUT2D eigenvalue weighted by atomic mass is 32.2. The van der Waals surface area contributed by atoms with Gasteiger partial charge in [-0.25, -0.2) is 8.42 Å². The van der Waals surface area contributed by atoms with Crippen LogP contribution in [0.3, 0.4) is 0 Å². The third-order valence-electron chi connectivity index (χ3n) is 6.83. The average molecular weight is 579 g/mol. The molecule has 0 saturated heterocycles. The van der Waals surface area contributed by atoms with E-state index in [9.17, 15) is 18.0 Å². The van der Waals surface area contributed by atoms with E-state index in [0.29, 0.717) is 32.8 Å². The molecule has 1 heterocycles. The maximum absolute atomic E-state index is 13.2. The van der Waals surface area contributed by atoms with Crippen LogP contribution in [0.2, 0.25) is 0 Å². The summed E-state index contributed by atoms with van der Waals surface area (Å²) in [5.41, 5.74) is 8.18. The number of anilines is 3. The van der Waals surface area contributed by atoms with Gasteiger partial charge < -0.3 is 10.1 Å². The highest BCUT2D eigenvalue weighted by Crippen LogP contribution is 2.42. The Labute approximate surface area is 242 Å². The van der Waals surface area contributed by atoms with E-state index in [4.69, 9.17) is 4.74 Å². The van der Waals surface area contributed by atoms with E-state index in [1.165, 1.54) is 4.31 Å². The second-order valence-corrected chi connectivity index (χ2v) is 11.5. The fourth-order valence-electron chi connectivity index (χ4n) is 4.76. The van der Waals surface area contributed by atoms with Gasteiger partial charge in [-0.15, -0.1) is 0 Å². The molecule has 0 saturated carbocycles. The molecular formula is C32H26N4O5S. The van der Waals surface area contributed by atoms with E-state index in [1.807, 2.05) is 60.7 Å². The van der Waals surface area contributed by atoms with Gasteiger partial charge in [0.15, 0.2) is 6.61 Å². The lowest BCUT2D eigenvalue weighted by Crippen LogP contribution is -2.43. The van der Waals surface area contributed by atoms with Crippen LogP contribution in [-0.2, 0) is 21.4 Å². The molecule has 0 bridgehead atoms. The summed E-state index contributed by atoms with van der Waals surface area (Å²) in [7, 11) is -3.69. The Morgan fingerprint density at radius 1 is 0.714 bits per heavy atom. The minimum atomic E-state index is -3.69. The maximum atomic E-state index is 13.2. The number of benzene rings is 5. The summed E-state index contributed by atoms with van der Waals surface area (Å²) in [5.74, 6) is -0.540. The van der Waals surface area contributed by atoms with Crippen molar-refractivity contribution in [2.75, 3.05) is 16.2 Å². The van der Waals surface area contributed by atoms with E-state index >= 15 is 0 Å². The van der Waals surface area contributed by atoms with Crippen molar-refractivity contribution in [3.8, 4) is 5.75 Å². The molecule has 0 radical (unpaired) electrons. The highest BCUT2D eigenvalue weighted by molar-refractivity contribution is 7.93. The van der Waals surface area contributed by atoms with Crippen LogP contribution in [0.4, 0.5) is 17.1 Å². The predicted octanol–water partition coefficient (Wildman–Crippen LogP) is 5.13. The Morgan fingerprint density at radius 3 is 2.14 bits per heavy atom. The van der Waals surface area contributed by atoms with Gasteiger partial charge in [0.1, 0.15) is 5.75 Å². The number of sulfonamides is 1. The van der Waals surface area contributed by atoms with Crippen molar-refractivity contribution in [2.45, 2.75) is 11.4 Å². The summed E-state index contributed by atoms with van der Waals surface area (Å²) in [4.78, 5) is 25.1. The Hall–Kier alpha value is -5.35. The third-order valence-corrected chi connectivity index (χ3v) is 8.63. The zero-order chi connectivity index (χ0) is 29.1. The summed E-state index contributed by atoms with van der Waals surface area (Å²) in [6.45, 7) is -0.167. The zero-order valence-electron chi connectivity index (χ0n) is 22.3. The van der Waals surface area contributed by atoms with Gasteiger partial charge in [-0.2, -0.15) is 0 Å². The average Bonchev–Trinajstić information content (AvgIpc) is 3.23. The van der Waals surface area contributed by atoms with E-state index in [0.717, 1.165) is 16.8 Å². The smallest absolute Gasteiger partial charge is 0.276 e. The quantitative estimate of drug-likeness (QED) is 0.220. The minimum Gasteiger partial charge on any atom is -0.484 e. The summed E-state index contributed by atoms with van der Waals surface area (Å²) in [6.07, 6.45) is 0. The van der Waals surface area contributed by atoms with Crippen LogP contribution in [-0.4, -0.2) is 26.8 Å². The van der Waals surface area contributed by atoms with Crippen molar-refractivity contribution in [3.63, 3.8) is 0 Å². The lowest BCUT2D eigenvalue weighted by Gasteiger charge is -2.19. The van der Waals surface area contributed by atoms with E-state index < -0.39 is 21.8 Å². The molecule has 42 heavy (non-hydrogen) atoms. The van der Waals surface area contributed by atoms with Crippen LogP contribution in [0.1, 0.15) is 15.9 Å². The molecule has 0 spiro atoms. The molecule has 0 atom stereocenters. The second-order valence-electron chi connectivity index (χ2n) is 9.65. The molecule has 0 unspecified atom stereocenters. The molecule has 2 amide bonds. The molecule has 3 N–H and O–H groups in total. The fraction of sp³-hybridized carbons (Fsp3) is 0.0625. The maximum Gasteiger partial charge on any atom is 0.276 e. The van der Waals surface area contributed by atoms with Crippen molar-refractivity contribution >= 4 is 49.7 Å². The SMILES string of the molecule is O=C(COc1ccc(Nc2ccccc2)cc1)NNC(=O)c1ccc(CN2c3cccc4cccc(c34)S2(=O)=O)cc1. The molecule has 10 heteroatoms. The molecule has 1 aliphatic heterocycles. The number of nitrogens with one attached hydrogen (secondary N) is 3. The topological polar surface area (TPSA) is 117 Å². The largest absolute Gasteiger partial charge is 0.484 e. The van der Waals surface area contributed by atoms with Gasteiger partial charge >= 0.3 is 0 Å². The first-order chi connectivity index (χ1) is 20.4. The van der Waals surface area contributed by atoms with Gasteiger partial charge in [0.05, 0.1) is 17.1 Å². The summed E-state index contributed by atoms with van der Waals surface area (Å²) < 4.78 is 33.3. The molecule has 0 fully saturated rings. The molecule has 0 aliphatic carbocycles. The van der Waals surface area contributed by atoms with Gasteiger partial charge in [-0.1, -0.05) is 54.6 Å². The number of para-hydroxylation sites is 1.